The Bertz CT molecular complexity index is 524. The van der Waals surface area contributed by atoms with Crippen LogP contribution in [0.25, 0.3) is 0 Å². The number of esters is 1. The number of hydrogen-bond donors (Lipinski definition) is 1. The van der Waals surface area contributed by atoms with Gasteiger partial charge in [0.2, 0.25) is 0 Å². The molecule has 0 aliphatic heterocycles. The Labute approximate surface area is 119 Å². The van der Waals surface area contributed by atoms with Crippen molar-refractivity contribution >= 4 is 17.6 Å². The number of nitrogens with one attached hydrogen (secondary N) is 1. The topological polar surface area (TPSA) is 55.4 Å². The van der Waals surface area contributed by atoms with E-state index >= 15 is 0 Å². The van der Waals surface area contributed by atoms with E-state index in [4.69, 9.17) is 4.74 Å². The highest BCUT2D eigenvalue weighted by molar-refractivity contribution is 5.94. The maximum Gasteiger partial charge on any atom is 0.309 e. The molecule has 1 aromatic rings. The number of carbonyl (C=O) groups is 2. The minimum atomic E-state index is -0.282. The van der Waals surface area contributed by atoms with Gasteiger partial charge < -0.3 is 10.1 Å². The molecule has 4 heteroatoms. The van der Waals surface area contributed by atoms with Crippen LogP contribution in [0.4, 0.5) is 5.69 Å². The van der Waals surface area contributed by atoms with Gasteiger partial charge in [-0.15, -0.1) is 0 Å². The summed E-state index contributed by atoms with van der Waals surface area (Å²) in [4.78, 5) is 23.4. The van der Waals surface area contributed by atoms with E-state index in [-0.39, 0.29) is 24.4 Å². The summed E-state index contributed by atoms with van der Waals surface area (Å²) in [5.74, 6) is -0.148. The molecule has 1 N–H and O–H groups in total. The van der Waals surface area contributed by atoms with Gasteiger partial charge >= 0.3 is 5.97 Å². The minimum absolute atomic E-state index is 0.00698. The van der Waals surface area contributed by atoms with Crippen molar-refractivity contribution in [3.8, 4) is 0 Å². The van der Waals surface area contributed by atoms with Crippen molar-refractivity contribution < 1.29 is 14.3 Å². The zero-order valence-corrected chi connectivity index (χ0v) is 12.2. The summed E-state index contributed by atoms with van der Waals surface area (Å²) >= 11 is 0. The quantitative estimate of drug-likeness (QED) is 0.841. The molecule has 1 aliphatic rings. The highest BCUT2D eigenvalue weighted by Crippen LogP contribution is 2.38. The van der Waals surface area contributed by atoms with Crippen molar-refractivity contribution in [1.82, 2.24) is 0 Å². The van der Waals surface area contributed by atoms with Gasteiger partial charge in [-0.05, 0) is 36.8 Å². The second-order valence-electron chi connectivity index (χ2n) is 5.44. The van der Waals surface area contributed by atoms with Crippen molar-refractivity contribution in [2.24, 2.45) is 11.8 Å². The molecule has 2 rings (SSSR count). The molecule has 0 radical (unpaired) electrons. The van der Waals surface area contributed by atoms with Crippen molar-refractivity contribution in [3.05, 3.63) is 29.3 Å². The summed E-state index contributed by atoms with van der Waals surface area (Å²) in [6, 6.07) is 5.91. The number of carbonyl (C=O) groups excluding carboxylic acids is 2. The average molecular weight is 275 g/mol. The molecule has 0 unspecified atom stereocenters. The molecule has 20 heavy (non-hydrogen) atoms. The maximum atomic E-state index is 11.9. The van der Waals surface area contributed by atoms with E-state index in [2.05, 4.69) is 5.32 Å². The molecular formula is C16H21NO3. The monoisotopic (exact) mass is 275 g/mol. The molecule has 1 fully saturated rings. The first-order valence-electron chi connectivity index (χ1n) is 7.08. The van der Waals surface area contributed by atoms with Gasteiger partial charge in [0.1, 0.15) is 0 Å². The van der Waals surface area contributed by atoms with E-state index in [0.717, 1.165) is 29.7 Å². The Balaban J connectivity index is 1.90. The van der Waals surface area contributed by atoms with E-state index in [1.165, 1.54) is 0 Å². The highest BCUT2D eigenvalue weighted by atomic mass is 16.5. The molecular weight excluding hydrogens is 254 g/mol. The molecule has 108 valence electrons. The van der Waals surface area contributed by atoms with Crippen molar-refractivity contribution in [2.45, 2.75) is 33.6 Å². The number of para-hydroxylation sites is 1. The zero-order chi connectivity index (χ0) is 14.7. The van der Waals surface area contributed by atoms with Gasteiger partial charge in [0.05, 0.1) is 5.92 Å². The molecule has 0 saturated heterocycles. The summed E-state index contributed by atoms with van der Waals surface area (Å²) in [7, 11) is 0. The van der Waals surface area contributed by atoms with Gasteiger partial charge in [-0.1, -0.05) is 32.0 Å². The fraction of sp³-hybridized carbons (Fsp3) is 0.500. The van der Waals surface area contributed by atoms with Crippen molar-refractivity contribution in [2.75, 3.05) is 11.9 Å². The molecule has 0 aromatic heterocycles. The van der Waals surface area contributed by atoms with E-state index in [9.17, 15) is 9.59 Å². The fourth-order valence-corrected chi connectivity index (χ4v) is 2.27. The fourth-order valence-electron chi connectivity index (χ4n) is 2.27. The van der Waals surface area contributed by atoms with Crippen LogP contribution in [0.3, 0.4) is 0 Å². The molecule has 1 aliphatic carbocycles. The Morgan fingerprint density at radius 3 is 2.70 bits per heavy atom. The Kier molecular flexibility index (Phi) is 4.42. The number of aryl methyl sites for hydroxylation is 2. The summed E-state index contributed by atoms with van der Waals surface area (Å²) < 4.78 is 5.03. The lowest BCUT2D eigenvalue weighted by Gasteiger charge is -2.13. The van der Waals surface area contributed by atoms with Gasteiger partial charge in [-0.3, -0.25) is 9.59 Å². The van der Waals surface area contributed by atoms with E-state index in [0.29, 0.717) is 5.92 Å². The van der Waals surface area contributed by atoms with E-state index in [1.54, 1.807) is 0 Å². The third-order valence-corrected chi connectivity index (χ3v) is 3.76. The van der Waals surface area contributed by atoms with Crippen LogP contribution in [0, 0.1) is 18.8 Å². The van der Waals surface area contributed by atoms with Crippen LogP contribution in [-0.2, 0) is 20.7 Å². The Morgan fingerprint density at radius 2 is 2.10 bits per heavy atom. The lowest BCUT2D eigenvalue weighted by Crippen LogP contribution is -2.22. The van der Waals surface area contributed by atoms with Crippen LogP contribution in [-0.4, -0.2) is 18.5 Å². The van der Waals surface area contributed by atoms with Gasteiger partial charge in [0.15, 0.2) is 6.61 Å². The smallest absolute Gasteiger partial charge is 0.309 e. The molecule has 0 heterocycles. The van der Waals surface area contributed by atoms with Crippen LogP contribution >= 0.6 is 0 Å². The van der Waals surface area contributed by atoms with Gasteiger partial charge in [-0.25, -0.2) is 0 Å². The number of anilines is 1. The molecule has 1 amide bonds. The minimum Gasteiger partial charge on any atom is -0.455 e. The van der Waals surface area contributed by atoms with Crippen LogP contribution in [0.15, 0.2) is 18.2 Å². The lowest BCUT2D eigenvalue weighted by molar-refractivity contribution is -0.148. The highest BCUT2D eigenvalue weighted by Gasteiger charge is 2.40. The summed E-state index contributed by atoms with van der Waals surface area (Å²) in [5, 5.41) is 2.84. The zero-order valence-electron chi connectivity index (χ0n) is 12.2. The Morgan fingerprint density at radius 1 is 1.40 bits per heavy atom. The maximum absolute atomic E-state index is 11.9. The lowest BCUT2D eigenvalue weighted by atomic mass is 10.1. The largest absolute Gasteiger partial charge is 0.455 e. The summed E-state index contributed by atoms with van der Waals surface area (Å²) in [6.45, 7) is 5.79. The molecule has 0 bridgehead atoms. The number of hydrogen-bond acceptors (Lipinski definition) is 3. The van der Waals surface area contributed by atoms with Crippen LogP contribution in [0.2, 0.25) is 0 Å². The third kappa shape index (κ3) is 3.38. The second kappa shape index (κ2) is 6.07. The predicted octanol–water partition coefficient (Wildman–Crippen LogP) is 2.70. The first-order chi connectivity index (χ1) is 9.52. The summed E-state index contributed by atoms with van der Waals surface area (Å²) in [5.41, 5.74) is 2.93. The number of rotatable bonds is 5. The third-order valence-electron chi connectivity index (χ3n) is 3.76. The second-order valence-corrected chi connectivity index (χ2v) is 5.44. The van der Waals surface area contributed by atoms with Gasteiger partial charge in [0.25, 0.3) is 5.91 Å². The van der Waals surface area contributed by atoms with E-state index < -0.39 is 0 Å². The molecule has 4 nitrogen and oxygen atoms in total. The molecule has 0 spiro atoms. The average Bonchev–Trinajstić information content (AvgIpc) is 3.15. The van der Waals surface area contributed by atoms with Crippen molar-refractivity contribution in [1.29, 1.82) is 0 Å². The first-order valence-corrected chi connectivity index (χ1v) is 7.08. The van der Waals surface area contributed by atoms with Crippen LogP contribution in [0.5, 0.6) is 0 Å². The SMILES string of the molecule is CCc1cccc(C)c1NC(=O)COC(=O)[C@@H]1C[C@@H]1C. The number of benzene rings is 1. The Hall–Kier alpha value is -1.84. The van der Waals surface area contributed by atoms with Gasteiger partial charge in [-0.2, -0.15) is 0 Å². The normalized spacial score (nSPS) is 20.4. The standard InChI is InChI=1S/C16H21NO3/c1-4-12-7-5-6-10(2)15(12)17-14(18)9-20-16(19)13-8-11(13)3/h5-7,11,13H,4,8-9H2,1-3H3,(H,17,18)/t11-,13+/m0/s1. The number of amides is 1. The van der Waals surface area contributed by atoms with E-state index in [1.807, 2.05) is 39.0 Å². The van der Waals surface area contributed by atoms with Crippen LogP contribution in [0.1, 0.15) is 31.4 Å². The summed E-state index contributed by atoms with van der Waals surface area (Å²) in [6.07, 6.45) is 1.72. The van der Waals surface area contributed by atoms with Crippen molar-refractivity contribution in [3.63, 3.8) is 0 Å². The molecule has 2 atom stereocenters. The number of ether oxygens (including phenoxy) is 1. The van der Waals surface area contributed by atoms with Crippen LogP contribution < -0.4 is 5.32 Å². The first kappa shape index (κ1) is 14.6. The van der Waals surface area contributed by atoms with Gasteiger partial charge in [0, 0.05) is 5.69 Å². The molecule has 1 aromatic carbocycles. The molecule has 1 saturated carbocycles. The predicted molar refractivity (Wildman–Crippen MR) is 77.4 cm³/mol.